The number of ether oxygens (including phenoxy) is 2. The number of nitrogens with zero attached hydrogens (tertiary/aromatic N) is 1. The highest BCUT2D eigenvalue weighted by Crippen LogP contribution is 2.27. The van der Waals surface area contributed by atoms with Crippen molar-refractivity contribution in [2.45, 2.75) is 13.3 Å². The van der Waals surface area contributed by atoms with Gasteiger partial charge in [-0.15, -0.1) is 24.0 Å². The SMILES string of the molecule is CCNC(=NCCc1ccc(OC)c(OC)c1)NCCNC(=O)c1ccc(O)cc1.I. The molecule has 0 aliphatic carbocycles. The lowest BCUT2D eigenvalue weighted by atomic mass is 10.1. The average Bonchev–Trinajstić information content (AvgIpc) is 2.76. The molecule has 2 aromatic carbocycles. The molecule has 0 spiro atoms. The van der Waals surface area contributed by atoms with Gasteiger partial charge in [0.25, 0.3) is 5.91 Å². The summed E-state index contributed by atoms with van der Waals surface area (Å²) >= 11 is 0. The number of nitrogens with one attached hydrogen (secondary N) is 3. The van der Waals surface area contributed by atoms with Gasteiger partial charge >= 0.3 is 0 Å². The molecular weight excluding hydrogens is 511 g/mol. The molecule has 0 aliphatic heterocycles. The monoisotopic (exact) mass is 542 g/mol. The van der Waals surface area contributed by atoms with Crippen LogP contribution in [-0.4, -0.2) is 57.4 Å². The number of guanidine groups is 1. The number of halogens is 1. The summed E-state index contributed by atoms with van der Waals surface area (Å²) in [4.78, 5) is 16.6. The molecule has 0 saturated heterocycles. The Morgan fingerprint density at radius 2 is 1.65 bits per heavy atom. The lowest BCUT2D eigenvalue weighted by Gasteiger charge is -2.12. The van der Waals surface area contributed by atoms with Crippen LogP contribution in [0.2, 0.25) is 0 Å². The number of aliphatic imine (C=N–C) groups is 1. The molecular formula is C22H31IN4O4. The number of hydrogen-bond donors (Lipinski definition) is 4. The standard InChI is InChI=1S/C22H30N4O4.HI/c1-4-23-22(25-12-11-16-5-10-19(29-2)20(15-16)30-3)26-14-13-24-21(28)17-6-8-18(27)9-7-17;/h5-10,15,27H,4,11-14H2,1-3H3,(H,24,28)(H2,23,25,26);1H. The Hall–Kier alpha value is -2.69. The van der Waals surface area contributed by atoms with E-state index in [0.29, 0.717) is 42.7 Å². The van der Waals surface area contributed by atoms with Crippen LogP contribution in [0.5, 0.6) is 17.2 Å². The number of benzene rings is 2. The van der Waals surface area contributed by atoms with Crippen LogP contribution in [0.4, 0.5) is 0 Å². The fourth-order valence-corrected chi connectivity index (χ4v) is 2.75. The average molecular weight is 542 g/mol. The van der Waals surface area contributed by atoms with E-state index in [1.165, 1.54) is 12.1 Å². The van der Waals surface area contributed by atoms with Crippen LogP contribution >= 0.6 is 24.0 Å². The molecule has 2 aromatic rings. The van der Waals surface area contributed by atoms with Crippen molar-refractivity contribution < 1.29 is 19.4 Å². The zero-order valence-corrected chi connectivity index (χ0v) is 20.4. The summed E-state index contributed by atoms with van der Waals surface area (Å²) in [5, 5.41) is 18.5. The second-order valence-electron chi connectivity index (χ2n) is 6.43. The second-order valence-corrected chi connectivity index (χ2v) is 6.43. The lowest BCUT2D eigenvalue weighted by molar-refractivity contribution is 0.0954. The summed E-state index contributed by atoms with van der Waals surface area (Å²) in [6.45, 7) is 4.32. The number of phenols is 1. The van der Waals surface area contributed by atoms with Crippen LogP contribution in [0, 0.1) is 0 Å². The number of aromatic hydroxyl groups is 1. The third-order valence-electron chi connectivity index (χ3n) is 4.30. The number of phenolic OH excluding ortho intramolecular Hbond substituents is 1. The van der Waals surface area contributed by atoms with Gasteiger partial charge in [-0.1, -0.05) is 6.07 Å². The Kier molecular flexibility index (Phi) is 12.2. The number of hydrogen-bond acceptors (Lipinski definition) is 5. The number of carbonyl (C=O) groups is 1. The Balaban J connectivity index is 0.00000480. The van der Waals surface area contributed by atoms with Crippen LogP contribution in [0.15, 0.2) is 47.5 Å². The highest BCUT2D eigenvalue weighted by Gasteiger charge is 2.06. The molecule has 0 aliphatic rings. The highest BCUT2D eigenvalue weighted by molar-refractivity contribution is 14.0. The summed E-state index contributed by atoms with van der Waals surface area (Å²) < 4.78 is 10.6. The Morgan fingerprint density at radius 1 is 0.968 bits per heavy atom. The van der Waals surface area contributed by atoms with Crippen molar-refractivity contribution in [1.29, 1.82) is 0 Å². The van der Waals surface area contributed by atoms with Gasteiger partial charge in [-0.3, -0.25) is 9.79 Å². The van der Waals surface area contributed by atoms with Gasteiger partial charge in [0.2, 0.25) is 0 Å². The minimum atomic E-state index is -0.188. The van der Waals surface area contributed by atoms with E-state index in [0.717, 1.165) is 18.5 Å². The Labute approximate surface area is 200 Å². The molecule has 0 unspecified atom stereocenters. The first-order chi connectivity index (χ1) is 14.6. The fraction of sp³-hybridized carbons (Fsp3) is 0.364. The minimum absolute atomic E-state index is 0. The molecule has 170 valence electrons. The quantitative estimate of drug-likeness (QED) is 0.159. The molecule has 0 aromatic heterocycles. The molecule has 1 amide bonds. The van der Waals surface area contributed by atoms with E-state index in [9.17, 15) is 9.90 Å². The van der Waals surface area contributed by atoms with Gasteiger partial charge in [0, 0.05) is 31.7 Å². The van der Waals surface area contributed by atoms with Crippen molar-refractivity contribution in [1.82, 2.24) is 16.0 Å². The van der Waals surface area contributed by atoms with Crippen molar-refractivity contribution in [3.05, 3.63) is 53.6 Å². The van der Waals surface area contributed by atoms with Gasteiger partial charge < -0.3 is 30.5 Å². The van der Waals surface area contributed by atoms with Gasteiger partial charge in [-0.2, -0.15) is 0 Å². The number of methoxy groups -OCH3 is 2. The number of amides is 1. The van der Waals surface area contributed by atoms with Crippen LogP contribution in [-0.2, 0) is 6.42 Å². The van der Waals surface area contributed by atoms with E-state index in [1.807, 2.05) is 25.1 Å². The second kappa shape index (κ2) is 14.3. The van der Waals surface area contributed by atoms with Gasteiger partial charge in [0.15, 0.2) is 17.5 Å². The smallest absolute Gasteiger partial charge is 0.251 e. The fourth-order valence-electron chi connectivity index (χ4n) is 2.75. The molecule has 9 heteroatoms. The molecule has 2 rings (SSSR count). The maximum absolute atomic E-state index is 12.1. The zero-order chi connectivity index (χ0) is 21.8. The normalized spacial score (nSPS) is 10.6. The molecule has 31 heavy (non-hydrogen) atoms. The molecule has 0 fully saturated rings. The summed E-state index contributed by atoms with van der Waals surface area (Å²) in [6, 6.07) is 12.0. The lowest BCUT2D eigenvalue weighted by Crippen LogP contribution is -2.41. The highest BCUT2D eigenvalue weighted by atomic mass is 127. The maximum Gasteiger partial charge on any atom is 0.251 e. The van der Waals surface area contributed by atoms with Gasteiger partial charge in [-0.25, -0.2) is 0 Å². The van der Waals surface area contributed by atoms with Crippen LogP contribution < -0.4 is 25.4 Å². The molecule has 0 atom stereocenters. The topological polar surface area (TPSA) is 104 Å². The van der Waals surface area contributed by atoms with Crippen LogP contribution in [0.25, 0.3) is 0 Å². The van der Waals surface area contributed by atoms with Gasteiger partial charge in [0.05, 0.1) is 14.2 Å². The maximum atomic E-state index is 12.1. The molecule has 0 heterocycles. The molecule has 0 radical (unpaired) electrons. The summed E-state index contributed by atoms with van der Waals surface area (Å²) in [5.74, 6) is 2.04. The predicted octanol–water partition coefficient (Wildman–Crippen LogP) is 2.56. The Bertz CT molecular complexity index is 844. The number of carbonyl (C=O) groups excluding carboxylic acids is 1. The van der Waals surface area contributed by atoms with Crippen LogP contribution in [0.3, 0.4) is 0 Å². The summed E-state index contributed by atoms with van der Waals surface area (Å²) in [6.07, 6.45) is 0.758. The molecule has 0 bridgehead atoms. The van der Waals surface area contributed by atoms with Gasteiger partial charge in [0.1, 0.15) is 5.75 Å². The van der Waals surface area contributed by atoms with E-state index in [1.54, 1.807) is 26.4 Å². The largest absolute Gasteiger partial charge is 0.508 e. The van der Waals surface area contributed by atoms with E-state index in [4.69, 9.17) is 9.47 Å². The van der Waals surface area contributed by atoms with Crippen molar-refractivity contribution in [3.8, 4) is 17.2 Å². The first-order valence-corrected chi connectivity index (χ1v) is 9.87. The summed E-state index contributed by atoms with van der Waals surface area (Å²) in [7, 11) is 3.23. The van der Waals surface area contributed by atoms with E-state index >= 15 is 0 Å². The van der Waals surface area contributed by atoms with E-state index in [2.05, 4.69) is 20.9 Å². The van der Waals surface area contributed by atoms with Gasteiger partial charge in [-0.05, 0) is 55.3 Å². The van der Waals surface area contributed by atoms with Crippen molar-refractivity contribution in [3.63, 3.8) is 0 Å². The zero-order valence-electron chi connectivity index (χ0n) is 18.1. The molecule has 8 nitrogen and oxygen atoms in total. The van der Waals surface area contributed by atoms with Crippen LogP contribution in [0.1, 0.15) is 22.8 Å². The predicted molar refractivity (Wildman–Crippen MR) is 133 cm³/mol. The third-order valence-corrected chi connectivity index (χ3v) is 4.30. The first kappa shape index (κ1) is 26.3. The Morgan fingerprint density at radius 3 is 2.29 bits per heavy atom. The third kappa shape index (κ3) is 8.91. The number of rotatable bonds is 10. The van der Waals surface area contributed by atoms with E-state index in [-0.39, 0.29) is 35.6 Å². The molecule has 0 saturated carbocycles. The van der Waals surface area contributed by atoms with E-state index < -0.39 is 0 Å². The summed E-state index contributed by atoms with van der Waals surface area (Å²) in [5.41, 5.74) is 1.61. The van der Waals surface area contributed by atoms with Crippen molar-refractivity contribution in [2.24, 2.45) is 4.99 Å². The minimum Gasteiger partial charge on any atom is -0.508 e. The first-order valence-electron chi connectivity index (χ1n) is 9.87. The molecule has 4 N–H and O–H groups in total. The van der Waals surface area contributed by atoms with Crippen molar-refractivity contribution >= 4 is 35.8 Å². The van der Waals surface area contributed by atoms with Crippen molar-refractivity contribution in [2.75, 3.05) is 40.4 Å².